The summed E-state index contributed by atoms with van der Waals surface area (Å²) in [7, 11) is 0. The first-order chi connectivity index (χ1) is 7.05. The minimum atomic E-state index is -0.719. The van der Waals surface area contributed by atoms with Gasteiger partial charge in [-0.25, -0.2) is 4.68 Å². The van der Waals surface area contributed by atoms with Crippen LogP contribution in [0.2, 0.25) is 0 Å². The molecule has 3 nitrogen and oxygen atoms in total. The Balaban J connectivity index is 2.21. The van der Waals surface area contributed by atoms with Crippen LogP contribution in [0.5, 0.6) is 0 Å². The lowest BCUT2D eigenvalue weighted by Crippen LogP contribution is -2.21. The Bertz CT molecular complexity index is 534. The van der Waals surface area contributed by atoms with Gasteiger partial charge in [0.2, 0.25) is 0 Å². The van der Waals surface area contributed by atoms with Gasteiger partial charge in [-0.1, -0.05) is 40.5 Å². The van der Waals surface area contributed by atoms with E-state index in [1.165, 1.54) is 0 Å². The van der Waals surface area contributed by atoms with E-state index in [4.69, 9.17) is 23.2 Å². The van der Waals surface area contributed by atoms with Crippen LogP contribution >= 0.6 is 23.2 Å². The molecule has 1 atom stereocenters. The predicted octanol–water partition coefficient (Wildman–Crippen LogP) is 2.72. The maximum Gasteiger partial charge on any atom is 0.145 e. The molecule has 1 fully saturated rings. The number of aromatic nitrogens is 3. The molecule has 0 spiro atoms. The molecule has 2 aromatic rings. The van der Waals surface area contributed by atoms with Gasteiger partial charge in [-0.2, -0.15) is 0 Å². The SMILES string of the molecule is CC1(n2nnc3ccccc32)CC1(Cl)Cl. The van der Waals surface area contributed by atoms with Crippen LogP contribution in [0.25, 0.3) is 11.0 Å². The molecule has 15 heavy (non-hydrogen) atoms. The lowest BCUT2D eigenvalue weighted by Gasteiger charge is -2.12. The molecule has 1 aromatic heterocycles. The summed E-state index contributed by atoms with van der Waals surface area (Å²) < 4.78 is 1.10. The van der Waals surface area contributed by atoms with Crippen molar-refractivity contribution >= 4 is 34.2 Å². The Labute approximate surface area is 97.0 Å². The Morgan fingerprint density at radius 3 is 2.67 bits per heavy atom. The van der Waals surface area contributed by atoms with Gasteiger partial charge >= 0.3 is 0 Å². The zero-order valence-corrected chi connectivity index (χ0v) is 9.63. The Hall–Kier alpha value is -0.800. The second-order valence-corrected chi connectivity index (χ2v) is 5.63. The monoisotopic (exact) mass is 241 g/mol. The van der Waals surface area contributed by atoms with Gasteiger partial charge in [-0.3, -0.25) is 0 Å². The minimum Gasteiger partial charge on any atom is -0.236 e. The third-order valence-electron chi connectivity index (χ3n) is 3.05. The highest BCUT2D eigenvalue weighted by Crippen LogP contribution is 2.61. The molecular weight excluding hydrogens is 233 g/mol. The standard InChI is InChI=1S/C10H9Cl2N3/c1-9(6-10(9,11)12)15-8-5-3-2-4-7(8)13-14-15/h2-5H,6H2,1H3. The average molecular weight is 242 g/mol. The number of hydrogen-bond donors (Lipinski definition) is 0. The van der Waals surface area contributed by atoms with Gasteiger partial charge in [0.25, 0.3) is 0 Å². The lowest BCUT2D eigenvalue weighted by atomic mass is 10.2. The Morgan fingerprint density at radius 1 is 1.33 bits per heavy atom. The van der Waals surface area contributed by atoms with E-state index in [2.05, 4.69) is 10.3 Å². The van der Waals surface area contributed by atoms with Crippen molar-refractivity contribution in [2.45, 2.75) is 23.2 Å². The third kappa shape index (κ3) is 1.13. The van der Waals surface area contributed by atoms with Crippen molar-refractivity contribution in [2.75, 3.05) is 0 Å². The summed E-state index contributed by atoms with van der Waals surface area (Å²) in [4.78, 5) is 0. The maximum atomic E-state index is 6.12. The van der Waals surface area contributed by atoms with Gasteiger partial charge in [-0.15, -0.1) is 5.10 Å². The van der Waals surface area contributed by atoms with Crippen LogP contribution in [0.1, 0.15) is 13.3 Å². The lowest BCUT2D eigenvalue weighted by molar-refractivity contribution is 0.467. The highest BCUT2D eigenvalue weighted by molar-refractivity contribution is 6.51. The van der Waals surface area contributed by atoms with Crippen LogP contribution in [0.4, 0.5) is 0 Å². The number of halogens is 2. The summed E-state index contributed by atoms with van der Waals surface area (Å²) in [6.45, 7) is 1.99. The number of fused-ring (bicyclic) bond motifs is 1. The summed E-state index contributed by atoms with van der Waals surface area (Å²) >= 11 is 12.2. The van der Waals surface area contributed by atoms with Crippen molar-refractivity contribution in [3.05, 3.63) is 24.3 Å². The number of benzene rings is 1. The van der Waals surface area contributed by atoms with Crippen LogP contribution in [0.3, 0.4) is 0 Å². The van der Waals surface area contributed by atoms with Crippen LogP contribution in [0, 0.1) is 0 Å². The smallest absolute Gasteiger partial charge is 0.145 e. The molecule has 0 saturated heterocycles. The highest BCUT2D eigenvalue weighted by atomic mass is 35.5. The van der Waals surface area contributed by atoms with Gasteiger partial charge in [0.15, 0.2) is 0 Å². The molecule has 1 aliphatic rings. The third-order valence-corrected chi connectivity index (χ3v) is 4.13. The summed E-state index contributed by atoms with van der Waals surface area (Å²) in [5.41, 5.74) is 1.52. The zero-order valence-electron chi connectivity index (χ0n) is 8.11. The van der Waals surface area contributed by atoms with Crippen molar-refractivity contribution in [3.8, 4) is 0 Å². The van der Waals surface area contributed by atoms with E-state index >= 15 is 0 Å². The summed E-state index contributed by atoms with van der Waals surface area (Å²) in [5.74, 6) is 0. The molecule has 1 heterocycles. The molecule has 1 aromatic carbocycles. The topological polar surface area (TPSA) is 30.7 Å². The van der Waals surface area contributed by atoms with Crippen molar-refractivity contribution < 1.29 is 0 Å². The quantitative estimate of drug-likeness (QED) is 0.720. The van der Waals surface area contributed by atoms with Gasteiger partial charge in [0.05, 0.1) is 11.1 Å². The average Bonchev–Trinajstić information content (AvgIpc) is 2.61. The fraction of sp³-hybridized carbons (Fsp3) is 0.400. The molecule has 0 radical (unpaired) electrons. The van der Waals surface area contributed by atoms with E-state index < -0.39 is 4.33 Å². The van der Waals surface area contributed by atoms with Crippen molar-refractivity contribution in [3.63, 3.8) is 0 Å². The summed E-state index contributed by atoms with van der Waals surface area (Å²) in [5, 5.41) is 8.21. The fourth-order valence-corrected chi connectivity index (χ4v) is 2.53. The van der Waals surface area contributed by atoms with Gasteiger partial charge in [-0.05, 0) is 19.1 Å². The summed E-state index contributed by atoms with van der Waals surface area (Å²) in [6, 6.07) is 7.79. The molecule has 3 rings (SSSR count). The number of hydrogen-bond acceptors (Lipinski definition) is 2. The van der Waals surface area contributed by atoms with E-state index in [0.717, 1.165) is 11.0 Å². The maximum absolute atomic E-state index is 6.12. The van der Waals surface area contributed by atoms with Crippen LogP contribution < -0.4 is 0 Å². The van der Waals surface area contributed by atoms with Gasteiger partial charge in [0, 0.05) is 6.42 Å². The molecule has 0 amide bonds. The zero-order chi connectivity index (χ0) is 10.7. The van der Waals surface area contributed by atoms with Crippen LogP contribution in [-0.2, 0) is 5.54 Å². The predicted molar refractivity (Wildman–Crippen MR) is 60.2 cm³/mol. The molecule has 0 aliphatic heterocycles. The molecule has 1 unspecified atom stereocenters. The first-order valence-corrected chi connectivity index (χ1v) is 5.49. The number of para-hydroxylation sites is 1. The van der Waals surface area contributed by atoms with E-state index in [1.807, 2.05) is 35.9 Å². The normalized spacial score (nSPS) is 28.2. The summed E-state index contributed by atoms with van der Waals surface area (Å²) in [6.07, 6.45) is 0.705. The molecule has 0 N–H and O–H groups in total. The minimum absolute atomic E-state index is 0.327. The van der Waals surface area contributed by atoms with Gasteiger partial charge in [0.1, 0.15) is 9.85 Å². The van der Waals surface area contributed by atoms with E-state index in [9.17, 15) is 0 Å². The van der Waals surface area contributed by atoms with Crippen molar-refractivity contribution in [1.29, 1.82) is 0 Å². The molecule has 1 saturated carbocycles. The number of rotatable bonds is 1. The van der Waals surface area contributed by atoms with Crippen molar-refractivity contribution in [1.82, 2.24) is 15.0 Å². The Morgan fingerprint density at radius 2 is 2.00 bits per heavy atom. The highest BCUT2D eigenvalue weighted by Gasteiger charge is 2.66. The molecule has 1 aliphatic carbocycles. The molecular formula is C10H9Cl2N3. The van der Waals surface area contributed by atoms with Crippen molar-refractivity contribution in [2.24, 2.45) is 0 Å². The molecule has 0 bridgehead atoms. The van der Waals surface area contributed by atoms with E-state index in [-0.39, 0.29) is 5.54 Å². The Kier molecular flexibility index (Phi) is 1.67. The largest absolute Gasteiger partial charge is 0.236 e. The molecule has 5 heteroatoms. The first-order valence-electron chi connectivity index (χ1n) is 4.73. The van der Waals surface area contributed by atoms with Crippen LogP contribution in [-0.4, -0.2) is 19.3 Å². The second kappa shape index (κ2) is 2.66. The van der Waals surface area contributed by atoms with E-state index in [1.54, 1.807) is 0 Å². The number of alkyl halides is 2. The fourth-order valence-electron chi connectivity index (χ4n) is 1.85. The van der Waals surface area contributed by atoms with E-state index in [0.29, 0.717) is 6.42 Å². The number of nitrogens with zero attached hydrogens (tertiary/aromatic N) is 3. The van der Waals surface area contributed by atoms with Gasteiger partial charge < -0.3 is 0 Å². The van der Waals surface area contributed by atoms with Crippen LogP contribution in [0.15, 0.2) is 24.3 Å². The second-order valence-electron chi connectivity index (χ2n) is 4.15. The molecule has 78 valence electrons. The first kappa shape index (κ1) is 9.43.